The molecule has 0 unspecified atom stereocenters. The molecule has 0 fully saturated rings. The Morgan fingerprint density at radius 2 is 1.86 bits per heavy atom. The molecular weight excluding hydrogens is 284 g/mol. The molecule has 8 nitrogen and oxygen atoms in total. The predicted octanol–water partition coefficient (Wildman–Crippen LogP) is 2.59. The standard InChI is InChI=1S/C14H10N6O2/c21-20(22)10-4-5-13(17-7-10)19-14-9-15-8-12(18-14)11-3-1-2-6-16-11/h1-9H,(H,17,18,19). The van der Waals surface area contributed by atoms with E-state index in [4.69, 9.17) is 0 Å². The molecule has 1 N–H and O–H groups in total. The van der Waals surface area contributed by atoms with Crippen molar-refractivity contribution < 1.29 is 4.92 Å². The first kappa shape index (κ1) is 13.6. The van der Waals surface area contributed by atoms with Gasteiger partial charge in [-0.3, -0.25) is 20.1 Å². The zero-order valence-corrected chi connectivity index (χ0v) is 11.2. The number of hydrogen-bond acceptors (Lipinski definition) is 7. The van der Waals surface area contributed by atoms with E-state index in [9.17, 15) is 10.1 Å². The lowest BCUT2D eigenvalue weighted by Crippen LogP contribution is -1.99. The first-order valence-electron chi connectivity index (χ1n) is 6.33. The molecule has 0 amide bonds. The van der Waals surface area contributed by atoms with Crippen LogP contribution in [-0.4, -0.2) is 24.9 Å². The topological polar surface area (TPSA) is 107 Å². The van der Waals surface area contributed by atoms with Gasteiger partial charge in [-0.15, -0.1) is 0 Å². The molecule has 0 bridgehead atoms. The molecule has 3 aromatic rings. The van der Waals surface area contributed by atoms with Gasteiger partial charge in [0, 0.05) is 12.3 Å². The van der Waals surface area contributed by atoms with Crippen molar-refractivity contribution in [2.45, 2.75) is 0 Å². The Labute approximate surface area is 125 Å². The SMILES string of the molecule is O=[N+]([O-])c1ccc(Nc2cncc(-c3ccccn3)n2)nc1. The fraction of sp³-hybridized carbons (Fsp3) is 0. The second-order valence-corrected chi connectivity index (χ2v) is 4.29. The van der Waals surface area contributed by atoms with E-state index in [1.807, 2.05) is 18.2 Å². The summed E-state index contributed by atoms with van der Waals surface area (Å²) >= 11 is 0. The van der Waals surface area contributed by atoms with Gasteiger partial charge in [0.2, 0.25) is 0 Å². The number of rotatable bonds is 4. The molecule has 0 saturated heterocycles. The summed E-state index contributed by atoms with van der Waals surface area (Å²) in [4.78, 5) is 26.7. The Morgan fingerprint density at radius 3 is 2.55 bits per heavy atom. The van der Waals surface area contributed by atoms with Crippen molar-refractivity contribution in [3.63, 3.8) is 0 Å². The molecule has 108 valence electrons. The Bertz CT molecular complexity index is 792. The number of hydrogen-bond donors (Lipinski definition) is 1. The van der Waals surface area contributed by atoms with Crippen LogP contribution >= 0.6 is 0 Å². The van der Waals surface area contributed by atoms with Crippen molar-refractivity contribution in [3.05, 3.63) is 65.2 Å². The van der Waals surface area contributed by atoms with Crippen LogP contribution in [0.3, 0.4) is 0 Å². The number of pyridine rings is 2. The van der Waals surface area contributed by atoms with Gasteiger partial charge in [0.05, 0.1) is 23.0 Å². The molecule has 0 saturated carbocycles. The van der Waals surface area contributed by atoms with Gasteiger partial charge >= 0.3 is 0 Å². The summed E-state index contributed by atoms with van der Waals surface area (Å²) in [5.41, 5.74) is 1.25. The second kappa shape index (κ2) is 5.92. The summed E-state index contributed by atoms with van der Waals surface area (Å²) in [6.07, 6.45) is 6.00. The van der Waals surface area contributed by atoms with Gasteiger partial charge in [-0.2, -0.15) is 0 Å². The van der Waals surface area contributed by atoms with Crippen LogP contribution in [0.15, 0.2) is 55.1 Å². The van der Waals surface area contributed by atoms with Gasteiger partial charge in [0.1, 0.15) is 17.7 Å². The molecule has 0 aromatic carbocycles. The van der Waals surface area contributed by atoms with Crippen LogP contribution in [0.1, 0.15) is 0 Å². The van der Waals surface area contributed by atoms with Gasteiger partial charge < -0.3 is 5.32 Å². The largest absolute Gasteiger partial charge is 0.324 e. The van der Waals surface area contributed by atoms with Crippen molar-refractivity contribution in [2.24, 2.45) is 0 Å². The van der Waals surface area contributed by atoms with E-state index in [2.05, 4.69) is 25.3 Å². The van der Waals surface area contributed by atoms with E-state index < -0.39 is 4.92 Å². The normalized spacial score (nSPS) is 10.2. The first-order valence-corrected chi connectivity index (χ1v) is 6.33. The Kier molecular flexibility index (Phi) is 3.65. The maximum Gasteiger partial charge on any atom is 0.287 e. The summed E-state index contributed by atoms with van der Waals surface area (Å²) in [5, 5.41) is 13.5. The fourth-order valence-electron chi connectivity index (χ4n) is 1.76. The van der Waals surface area contributed by atoms with E-state index in [1.165, 1.54) is 24.5 Å². The molecule has 0 aliphatic heterocycles. The minimum atomic E-state index is -0.502. The van der Waals surface area contributed by atoms with Crippen molar-refractivity contribution in [3.8, 4) is 11.4 Å². The van der Waals surface area contributed by atoms with E-state index >= 15 is 0 Å². The molecule has 0 aliphatic rings. The maximum absolute atomic E-state index is 10.6. The lowest BCUT2D eigenvalue weighted by Gasteiger charge is -2.05. The molecule has 3 rings (SSSR count). The predicted molar refractivity (Wildman–Crippen MR) is 79.4 cm³/mol. The van der Waals surface area contributed by atoms with Crippen molar-refractivity contribution in [2.75, 3.05) is 5.32 Å². The molecular formula is C14H10N6O2. The minimum Gasteiger partial charge on any atom is -0.324 e. The van der Waals surface area contributed by atoms with Crippen molar-refractivity contribution >= 4 is 17.3 Å². The third-order valence-corrected chi connectivity index (χ3v) is 2.78. The number of aromatic nitrogens is 4. The summed E-state index contributed by atoms with van der Waals surface area (Å²) in [7, 11) is 0. The zero-order chi connectivity index (χ0) is 15.4. The lowest BCUT2D eigenvalue weighted by atomic mass is 10.3. The van der Waals surface area contributed by atoms with Crippen LogP contribution in [0, 0.1) is 10.1 Å². The third kappa shape index (κ3) is 3.01. The molecule has 0 spiro atoms. The van der Waals surface area contributed by atoms with Crippen LogP contribution in [0.25, 0.3) is 11.4 Å². The van der Waals surface area contributed by atoms with Crippen molar-refractivity contribution in [1.82, 2.24) is 19.9 Å². The maximum atomic E-state index is 10.6. The average molecular weight is 294 g/mol. The van der Waals surface area contributed by atoms with Gasteiger partial charge in [-0.1, -0.05) is 6.07 Å². The average Bonchev–Trinajstić information content (AvgIpc) is 2.56. The van der Waals surface area contributed by atoms with E-state index in [1.54, 1.807) is 12.4 Å². The Balaban J connectivity index is 1.82. The van der Waals surface area contributed by atoms with Gasteiger partial charge in [-0.25, -0.2) is 9.97 Å². The molecule has 22 heavy (non-hydrogen) atoms. The molecule has 3 heterocycles. The number of anilines is 2. The minimum absolute atomic E-state index is 0.0705. The van der Waals surface area contributed by atoms with Crippen LogP contribution in [0.5, 0.6) is 0 Å². The highest BCUT2D eigenvalue weighted by atomic mass is 16.6. The highest BCUT2D eigenvalue weighted by Gasteiger charge is 2.07. The van der Waals surface area contributed by atoms with Gasteiger partial charge in [0.25, 0.3) is 5.69 Å². The summed E-state index contributed by atoms with van der Waals surface area (Å²) in [6.45, 7) is 0. The van der Waals surface area contributed by atoms with Crippen LogP contribution in [0.2, 0.25) is 0 Å². The number of nitrogens with zero attached hydrogens (tertiary/aromatic N) is 5. The fourth-order valence-corrected chi connectivity index (χ4v) is 1.76. The quantitative estimate of drug-likeness (QED) is 0.582. The van der Waals surface area contributed by atoms with E-state index in [0.29, 0.717) is 23.0 Å². The summed E-state index contributed by atoms with van der Waals surface area (Å²) in [5.74, 6) is 0.919. The highest BCUT2D eigenvalue weighted by molar-refractivity contribution is 5.58. The zero-order valence-electron chi connectivity index (χ0n) is 11.2. The Morgan fingerprint density at radius 1 is 0.955 bits per heavy atom. The van der Waals surface area contributed by atoms with Crippen molar-refractivity contribution in [1.29, 1.82) is 0 Å². The number of nitro groups is 1. The van der Waals surface area contributed by atoms with Crippen LogP contribution in [0.4, 0.5) is 17.3 Å². The second-order valence-electron chi connectivity index (χ2n) is 4.29. The van der Waals surface area contributed by atoms with Crippen LogP contribution in [-0.2, 0) is 0 Å². The summed E-state index contributed by atoms with van der Waals surface area (Å²) in [6, 6.07) is 8.39. The Hall–Kier alpha value is -3.42. The monoisotopic (exact) mass is 294 g/mol. The first-order chi connectivity index (χ1) is 10.7. The smallest absolute Gasteiger partial charge is 0.287 e. The lowest BCUT2D eigenvalue weighted by molar-refractivity contribution is -0.385. The van der Waals surface area contributed by atoms with Gasteiger partial charge in [-0.05, 0) is 18.2 Å². The van der Waals surface area contributed by atoms with E-state index in [0.717, 1.165) is 0 Å². The molecule has 0 aliphatic carbocycles. The van der Waals surface area contributed by atoms with E-state index in [-0.39, 0.29) is 5.69 Å². The molecule has 3 aromatic heterocycles. The molecule has 8 heteroatoms. The highest BCUT2D eigenvalue weighted by Crippen LogP contribution is 2.18. The third-order valence-electron chi connectivity index (χ3n) is 2.78. The van der Waals surface area contributed by atoms with Crippen LogP contribution < -0.4 is 5.32 Å². The van der Waals surface area contributed by atoms with Gasteiger partial charge in [0.15, 0.2) is 5.82 Å². The number of nitrogens with one attached hydrogen (secondary N) is 1. The summed E-state index contributed by atoms with van der Waals surface area (Å²) < 4.78 is 0. The molecule has 0 radical (unpaired) electrons. The molecule has 0 atom stereocenters.